The second-order valence-corrected chi connectivity index (χ2v) is 6.92. The molecule has 1 N–H and O–H groups in total. The second-order valence-electron chi connectivity index (χ2n) is 6.92. The molecule has 6 heteroatoms. The minimum absolute atomic E-state index is 0.118. The maximum Gasteiger partial charge on any atom is 0.215 e. The SMILES string of the molecule is CN1CCN(/C(=N/C#N)Nc2cccc3ncccc23)C(c2ccccc2)C1. The van der Waals surface area contributed by atoms with E-state index in [0.717, 1.165) is 36.2 Å². The number of benzene rings is 2. The molecule has 6 nitrogen and oxygen atoms in total. The number of nitrogens with zero attached hydrogens (tertiary/aromatic N) is 5. The number of hydrogen-bond donors (Lipinski definition) is 1. The Morgan fingerprint density at radius 3 is 2.79 bits per heavy atom. The summed E-state index contributed by atoms with van der Waals surface area (Å²) >= 11 is 0. The molecule has 1 aliphatic rings. The van der Waals surface area contributed by atoms with Crippen LogP contribution in [0.5, 0.6) is 0 Å². The van der Waals surface area contributed by atoms with E-state index in [1.807, 2.05) is 54.7 Å². The summed E-state index contributed by atoms with van der Waals surface area (Å²) in [4.78, 5) is 13.1. The lowest BCUT2D eigenvalue weighted by Gasteiger charge is -2.41. The first-order valence-electron chi connectivity index (χ1n) is 9.34. The number of rotatable bonds is 2. The molecule has 1 fully saturated rings. The lowest BCUT2D eigenvalue weighted by atomic mass is 10.0. The Bertz CT molecular complexity index is 1020. The molecule has 4 rings (SSSR count). The quantitative estimate of drug-likeness (QED) is 0.425. The van der Waals surface area contributed by atoms with Crippen molar-refractivity contribution in [2.24, 2.45) is 4.99 Å². The van der Waals surface area contributed by atoms with Crippen LogP contribution in [-0.2, 0) is 0 Å². The molecule has 140 valence electrons. The largest absolute Gasteiger partial charge is 0.332 e. The van der Waals surface area contributed by atoms with Crippen LogP contribution in [0.3, 0.4) is 0 Å². The van der Waals surface area contributed by atoms with Crippen molar-refractivity contribution in [3.05, 3.63) is 72.4 Å². The van der Waals surface area contributed by atoms with Gasteiger partial charge in [0.2, 0.25) is 12.2 Å². The van der Waals surface area contributed by atoms with Crippen molar-refractivity contribution >= 4 is 22.5 Å². The molecular formula is C22H22N6. The molecule has 0 saturated carbocycles. The minimum atomic E-state index is 0.118. The molecular weight excluding hydrogens is 348 g/mol. The molecule has 0 aliphatic carbocycles. The Kier molecular flexibility index (Phi) is 5.18. The zero-order chi connectivity index (χ0) is 19.3. The fourth-order valence-corrected chi connectivity index (χ4v) is 3.68. The Morgan fingerprint density at radius 1 is 1.11 bits per heavy atom. The molecule has 2 aromatic carbocycles. The van der Waals surface area contributed by atoms with Crippen LogP contribution in [0.25, 0.3) is 10.9 Å². The minimum Gasteiger partial charge on any atom is -0.332 e. The highest BCUT2D eigenvalue weighted by atomic mass is 15.4. The summed E-state index contributed by atoms with van der Waals surface area (Å²) in [5.74, 6) is 0.570. The molecule has 1 aromatic heterocycles. The first-order valence-corrected chi connectivity index (χ1v) is 9.34. The van der Waals surface area contributed by atoms with E-state index in [9.17, 15) is 5.26 Å². The van der Waals surface area contributed by atoms with E-state index >= 15 is 0 Å². The van der Waals surface area contributed by atoms with Crippen molar-refractivity contribution in [1.29, 1.82) is 5.26 Å². The molecule has 0 radical (unpaired) electrons. The van der Waals surface area contributed by atoms with Gasteiger partial charge in [-0.2, -0.15) is 5.26 Å². The fourth-order valence-electron chi connectivity index (χ4n) is 3.68. The van der Waals surface area contributed by atoms with Crippen LogP contribution in [0.2, 0.25) is 0 Å². The Hall–Kier alpha value is -3.43. The van der Waals surface area contributed by atoms with E-state index in [1.165, 1.54) is 5.56 Å². The van der Waals surface area contributed by atoms with Gasteiger partial charge in [-0.15, -0.1) is 4.99 Å². The van der Waals surface area contributed by atoms with Gasteiger partial charge in [-0.1, -0.05) is 36.4 Å². The lowest BCUT2D eigenvalue weighted by Crippen LogP contribution is -2.51. The number of aromatic nitrogens is 1. The maximum absolute atomic E-state index is 9.34. The average molecular weight is 370 g/mol. The first-order chi connectivity index (χ1) is 13.8. The smallest absolute Gasteiger partial charge is 0.215 e. The summed E-state index contributed by atoms with van der Waals surface area (Å²) < 4.78 is 0. The Morgan fingerprint density at radius 2 is 1.96 bits per heavy atom. The van der Waals surface area contributed by atoms with Gasteiger partial charge in [0.25, 0.3) is 0 Å². The van der Waals surface area contributed by atoms with Crippen LogP contribution in [-0.4, -0.2) is 47.4 Å². The fraction of sp³-hybridized carbons (Fsp3) is 0.227. The molecule has 2 heterocycles. The van der Waals surface area contributed by atoms with Gasteiger partial charge in [0.1, 0.15) is 0 Å². The Labute approximate surface area is 164 Å². The summed E-state index contributed by atoms with van der Waals surface area (Å²) in [6.45, 7) is 2.56. The van der Waals surface area contributed by atoms with Gasteiger partial charge < -0.3 is 15.1 Å². The molecule has 1 saturated heterocycles. The number of pyridine rings is 1. The van der Waals surface area contributed by atoms with Crippen LogP contribution in [0.4, 0.5) is 5.69 Å². The van der Waals surface area contributed by atoms with Crippen LogP contribution in [0.15, 0.2) is 71.9 Å². The van der Waals surface area contributed by atoms with Gasteiger partial charge in [0.05, 0.1) is 17.2 Å². The molecule has 1 atom stereocenters. The van der Waals surface area contributed by atoms with Crippen molar-refractivity contribution in [3.63, 3.8) is 0 Å². The zero-order valence-corrected chi connectivity index (χ0v) is 15.8. The predicted molar refractivity (Wildman–Crippen MR) is 112 cm³/mol. The molecule has 0 bridgehead atoms. The number of hydrogen-bond acceptors (Lipinski definition) is 4. The summed E-state index contributed by atoms with van der Waals surface area (Å²) in [5, 5.41) is 13.7. The van der Waals surface area contributed by atoms with E-state index < -0.39 is 0 Å². The standard InChI is InChI=1S/C22H22N6/c1-27-13-14-28(21(15-27)17-7-3-2-4-8-17)22(25-16-23)26-20-11-5-10-19-18(20)9-6-12-24-19/h2-12,21H,13-15H2,1H3,(H,25,26). The summed E-state index contributed by atoms with van der Waals surface area (Å²) in [5.41, 5.74) is 3.01. The molecule has 1 unspecified atom stereocenters. The number of nitrogens with one attached hydrogen (secondary N) is 1. The van der Waals surface area contributed by atoms with Crippen molar-refractivity contribution in [1.82, 2.24) is 14.8 Å². The van der Waals surface area contributed by atoms with Crippen molar-refractivity contribution in [2.45, 2.75) is 6.04 Å². The van der Waals surface area contributed by atoms with Crippen molar-refractivity contribution in [3.8, 4) is 6.19 Å². The number of nitriles is 1. The first kappa shape index (κ1) is 18.0. The van der Waals surface area contributed by atoms with Gasteiger partial charge in [-0.25, -0.2) is 0 Å². The number of likely N-dealkylation sites (N-methyl/N-ethyl adjacent to an activating group) is 1. The van der Waals surface area contributed by atoms with E-state index in [2.05, 4.69) is 44.3 Å². The van der Waals surface area contributed by atoms with Gasteiger partial charge in [-0.3, -0.25) is 4.98 Å². The third-order valence-electron chi connectivity index (χ3n) is 5.09. The lowest BCUT2D eigenvalue weighted by molar-refractivity contribution is 0.151. The van der Waals surface area contributed by atoms with Crippen LogP contribution in [0.1, 0.15) is 11.6 Å². The van der Waals surface area contributed by atoms with Crippen molar-refractivity contribution in [2.75, 3.05) is 32.0 Å². The number of guanidine groups is 1. The number of piperazine rings is 1. The average Bonchev–Trinajstić information content (AvgIpc) is 2.74. The maximum atomic E-state index is 9.34. The third-order valence-corrected chi connectivity index (χ3v) is 5.09. The van der Waals surface area contributed by atoms with E-state index in [-0.39, 0.29) is 6.04 Å². The topological polar surface area (TPSA) is 67.5 Å². The highest BCUT2D eigenvalue weighted by molar-refractivity contribution is 6.02. The molecule has 3 aromatic rings. The summed E-state index contributed by atoms with van der Waals surface area (Å²) in [6.07, 6.45) is 3.75. The molecule has 0 amide bonds. The normalized spacial score (nSPS) is 18.1. The van der Waals surface area contributed by atoms with Gasteiger partial charge in [0.15, 0.2) is 0 Å². The summed E-state index contributed by atoms with van der Waals surface area (Å²) in [6, 6.07) is 20.4. The highest BCUT2D eigenvalue weighted by Gasteiger charge is 2.29. The van der Waals surface area contributed by atoms with Gasteiger partial charge in [0, 0.05) is 31.2 Å². The van der Waals surface area contributed by atoms with Crippen LogP contribution in [0, 0.1) is 11.5 Å². The van der Waals surface area contributed by atoms with E-state index in [4.69, 9.17) is 0 Å². The molecule has 1 aliphatic heterocycles. The monoisotopic (exact) mass is 370 g/mol. The number of fused-ring (bicyclic) bond motifs is 1. The van der Waals surface area contributed by atoms with Crippen LogP contribution < -0.4 is 5.32 Å². The highest BCUT2D eigenvalue weighted by Crippen LogP contribution is 2.27. The van der Waals surface area contributed by atoms with Crippen molar-refractivity contribution < 1.29 is 0 Å². The van der Waals surface area contributed by atoms with Gasteiger partial charge in [-0.05, 0) is 36.9 Å². The number of anilines is 1. The predicted octanol–water partition coefficient (Wildman–Crippen LogP) is 3.47. The third kappa shape index (κ3) is 3.66. The van der Waals surface area contributed by atoms with Crippen LogP contribution >= 0.6 is 0 Å². The second kappa shape index (κ2) is 8.07. The molecule has 28 heavy (non-hydrogen) atoms. The van der Waals surface area contributed by atoms with Gasteiger partial charge >= 0.3 is 0 Å². The molecule has 0 spiro atoms. The van der Waals surface area contributed by atoms with E-state index in [1.54, 1.807) is 6.20 Å². The summed E-state index contributed by atoms with van der Waals surface area (Å²) in [7, 11) is 2.12. The van der Waals surface area contributed by atoms with E-state index in [0.29, 0.717) is 5.96 Å². The number of aliphatic imine (C=N–C) groups is 1. The Balaban J connectivity index is 1.70. The zero-order valence-electron chi connectivity index (χ0n) is 15.8.